The molecule has 0 bridgehead atoms. The maximum atomic E-state index is 12.1. The van der Waals surface area contributed by atoms with E-state index in [4.69, 9.17) is 0 Å². The molecule has 0 aromatic heterocycles. The number of aliphatic hydroxyl groups excluding tert-OH is 1. The van der Waals surface area contributed by atoms with Gasteiger partial charge in [-0.05, 0) is 45.2 Å². The minimum atomic E-state index is -0.141. The smallest absolute Gasteiger partial charge is 0.315 e. The number of hydrogen-bond donors (Lipinski definition) is 3. The van der Waals surface area contributed by atoms with Crippen molar-refractivity contribution in [3.05, 3.63) is 0 Å². The molecule has 2 fully saturated rings. The van der Waals surface area contributed by atoms with E-state index in [2.05, 4.69) is 15.5 Å². The molecule has 1 aliphatic carbocycles. The van der Waals surface area contributed by atoms with Gasteiger partial charge >= 0.3 is 6.03 Å². The fraction of sp³-hybridized carbons (Fsp3) is 0.941. The third kappa shape index (κ3) is 4.59. The number of hydrogen-bond acceptors (Lipinski definition) is 3. The highest BCUT2D eigenvalue weighted by molar-refractivity contribution is 5.74. The lowest BCUT2D eigenvalue weighted by Crippen LogP contribution is -2.59. The number of likely N-dealkylation sites (tertiary alicyclic amines) is 1. The van der Waals surface area contributed by atoms with Crippen LogP contribution in [-0.2, 0) is 0 Å². The summed E-state index contributed by atoms with van der Waals surface area (Å²) < 4.78 is 0. The van der Waals surface area contributed by atoms with Crippen LogP contribution in [0.25, 0.3) is 0 Å². The van der Waals surface area contributed by atoms with Crippen LogP contribution in [-0.4, -0.2) is 53.9 Å². The Labute approximate surface area is 134 Å². The van der Waals surface area contributed by atoms with Crippen molar-refractivity contribution in [1.29, 1.82) is 0 Å². The Morgan fingerprint density at radius 3 is 2.36 bits per heavy atom. The minimum Gasteiger partial charge on any atom is -0.394 e. The van der Waals surface area contributed by atoms with E-state index in [1.807, 2.05) is 6.92 Å². The van der Waals surface area contributed by atoms with Gasteiger partial charge in [0.25, 0.3) is 0 Å². The fourth-order valence-corrected chi connectivity index (χ4v) is 3.94. The Morgan fingerprint density at radius 1 is 1.14 bits per heavy atom. The standard InChI is InChI=1S/C17H33N3O2/c1-2-15(13-21)19-16(22)18-14-17(9-5-3-6-10-17)20-11-7-4-8-12-20/h15,21H,2-14H2,1H3,(H2,18,19,22). The Morgan fingerprint density at radius 2 is 1.77 bits per heavy atom. The number of nitrogens with one attached hydrogen (secondary N) is 2. The van der Waals surface area contributed by atoms with Crippen LogP contribution in [0.5, 0.6) is 0 Å². The van der Waals surface area contributed by atoms with Crippen molar-refractivity contribution in [2.24, 2.45) is 0 Å². The number of piperidine rings is 1. The van der Waals surface area contributed by atoms with Gasteiger partial charge in [0.1, 0.15) is 0 Å². The predicted molar refractivity (Wildman–Crippen MR) is 88.9 cm³/mol. The molecule has 22 heavy (non-hydrogen) atoms. The first-order chi connectivity index (χ1) is 10.7. The summed E-state index contributed by atoms with van der Waals surface area (Å²) in [5, 5.41) is 15.1. The minimum absolute atomic E-state index is 0.00118. The van der Waals surface area contributed by atoms with Crippen molar-refractivity contribution < 1.29 is 9.90 Å². The van der Waals surface area contributed by atoms with Crippen LogP contribution in [0.1, 0.15) is 64.7 Å². The molecule has 0 radical (unpaired) electrons. The van der Waals surface area contributed by atoms with E-state index in [0.29, 0.717) is 0 Å². The van der Waals surface area contributed by atoms with Gasteiger partial charge in [-0.25, -0.2) is 4.79 Å². The molecule has 2 amide bonds. The highest BCUT2D eigenvalue weighted by atomic mass is 16.3. The lowest BCUT2D eigenvalue weighted by Gasteiger charge is -2.48. The monoisotopic (exact) mass is 311 g/mol. The van der Waals surface area contributed by atoms with Gasteiger partial charge in [0, 0.05) is 12.1 Å². The van der Waals surface area contributed by atoms with Crippen LogP contribution >= 0.6 is 0 Å². The van der Waals surface area contributed by atoms with E-state index in [1.165, 1.54) is 64.5 Å². The number of urea groups is 1. The summed E-state index contributed by atoms with van der Waals surface area (Å²) in [5.74, 6) is 0. The van der Waals surface area contributed by atoms with Crippen molar-refractivity contribution in [3.8, 4) is 0 Å². The molecular formula is C17H33N3O2. The van der Waals surface area contributed by atoms with E-state index in [0.717, 1.165) is 13.0 Å². The second-order valence-electron chi connectivity index (χ2n) is 6.95. The lowest BCUT2D eigenvalue weighted by molar-refractivity contribution is 0.0353. The van der Waals surface area contributed by atoms with Gasteiger partial charge in [-0.1, -0.05) is 32.6 Å². The van der Waals surface area contributed by atoms with Crippen molar-refractivity contribution in [2.75, 3.05) is 26.2 Å². The molecule has 0 aromatic carbocycles. The molecule has 2 rings (SSSR count). The molecule has 5 nitrogen and oxygen atoms in total. The normalized spacial score (nSPS) is 23.7. The number of amides is 2. The van der Waals surface area contributed by atoms with E-state index < -0.39 is 0 Å². The number of carbonyl (C=O) groups is 1. The first kappa shape index (κ1) is 17.5. The molecule has 1 saturated carbocycles. The SMILES string of the molecule is CCC(CO)NC(=O)NCC1(N2CCCCC2)CCCCC1. The van der Waals surface area contributed by atoms with E-state index in [9.17, 15) is 9.90 Å². The van der Waals surface area contributed by atoms with Crippen molar-refractivity contribution in [2.45, 2.75) is 76.3 Å². The van der Waals surface area contributed by atoms with Crippen LogP contribution in [0, 0.1) is 0 Å². The topological polar surface area (TPSA) is 64.6 Å². The highest BCUT2D eigenvalue weighted by Gasteiger charge is 2.38. The molecular weight excluding hydrogens is 278 g/mol. The summed E-state index contributed by atoms with van der Waals surface area (Å²) in [4.78, 5) is 14.7. The molecule has 1 saturated heterocycles. The van der Waals surface area contributed by atoms with Crippen LogP contribution in [0.15, 0.2) is 0 Å². The van der Waals surface area contributed by atoms with Gasteiger partial charge in [0.05, 0.1) is 12.6 Å². The average molecular weight is 311 g/mol. The molecule has 128 valence electrons. The molecule has 1 unspecified atom stereocenters. The van der Waals surface area contributed by atoms with E-state index in [-0.39, 0.29) is 24.2 Å². The molecule has 1 atom stereocenters. The highest BCUT2D eigenvalue weighted by Crippen LogP contribution is 2.35. The molecule has 0 spiro atoms. The second kappa shape index (κ2) is 8.73. The molecule has 1 aliphatic heterocycles. The average Bonchev–Trinajstić information content (AvgIpc) is 2.59. The predicted octanol–water partition coefficient (Wildman–Crippen LogP) is 2.25. The number of aliphatic hydroxyl groups is 1. The van der Waals surface area contributed by atoms with Gasteiger partial charge in [-0.15, -0.1) is 0 Å². The zero-order chi connectivity index (χ0) is 15.8. The van der Waals surface area contributed by atoms with Gasteiger partial charge in [0.15, 0.2) is 0 Å². The summed E-state index contributed by atoms with van der Waals surface area (Å²) in [6.45, 7) is 5.06. The molecule has 3 N–H and O–H groups in total. The summed E-state index contributed by atoms with van der Waals surface area (Å²) in [6.07, 6.45) is 10.9. The Bertz CT molecular complexity index is 333. The summed E-state index contributed by atoms with van der Waals surface area (Å²) in [7, 11) is 0. The fourth-order valence-electron chi connectivity index (χ4n) is 3.94. The number of rotatable bonds is 6. The molecule has 0 aromatic rings. The zero-order valence-corrected chi connectivity index (χ0v) is 14.1. The largest absolute Gasteiger partial charge is 0.394 e. The third-order valence-electron chi connectivity index (χ3n) is 5.44. The summed E-state index contributed by atoms with van der Waals surface area (Å²) in [6, 6.07) is -0.278. The van der Waals surface area contributed by atoms with E-state index in [1.54, 1.807) is 0 Å². The maximum Gasteiger partial charge on any atom is 0.315 e. The van der Waals surface area contributed by atoms with Crippen LogP contribution in [0.2, 0.25) is 0 Å². The Kier molecular flexibility index (Phi) is 6.96. The number of carbonyl (C=O) groups excluding carboxylic acids is 1. The third-order valence-corrected chi connectivity index (χ3v) is 5.44. The first-order valence-electron chi connectivity index (χ1n) is 9.10. The zero-order valence-electron chi connectivity index (χ0n) is 14.1. The molecule has 5 heteroatoms. The van der Waals surface area contributed by atoms with Crippen molar-refractivity contribution in [3.63, 3.8) is 0 Å². The summed E-state index contributed by atoms with van der Waals surface area (Å²) >= 11 is 0. The van der Waals surface area contributed by atoms with E-state index >= 15 is 0 Å². The Hall–Kier alpha value is -0.810. The first-order valence-corrected chi connectivity index (χ1v) is 9.10. The molecule has 1 heterocycles. The van der Waals surface area contributed by atoms with Gasteiger partial charge in [0.2, 0.25) is 0 Å². The number of nitrogens with zero attached hydrogens (tertiary/aromatic N) is 1. The van der Waals surface area contributed by atoms with Gasteiger partial charge in [-0.3, -0.25) is 4.90 Å². The quantitative estimate of drug-likeness (QED) is 0.705. The van der Waals surface area contributed by atoms with Crippen LogP contribution < -0.4 is 10.6 Å². The van der Waals surface area contributed by atoms with Crippen LogP contribution in [0.4, 0.5) is 4.79 Å². The van der Waals surface area contributed by atoms with Crippen molar-refractivity contribution >= 4 is 6.03 Å². The van der Waals surface area contributed by atoms with Crippen LogP contribution in [0.3, 0.4) is 0 Å². The maximum absolute atomic E-state index is 12.1. The van der Waals surface area contributed by atoms with Gasteiger partial charge < -0.3 is 15.7 Å². The second-order valence-corrected chi connectivity index (χ2v) is 6.95. The van der Waals surface area contributed by atoms with Gasteiger partial charge in [-0.2, -0.15) is 0 Å². The lowest BCUT2D eigenvalue weighted by atomic mass is 9.79. The Balaban J connectivity index is 1.90. The summed E-state index contributed by atoms with van der Waals surface area (Å²) in [5.41, 5.74) is 0.164. The van der Waals surface area contributed by atoms with Crippen molar-refractivity contribution in [1.82, 2.24) is 15.5 Å². The molecule has 2 aliphatic rings.